The van der Waals surface area contributed by atoms with Gasteiger partial charge in [0.25, 0.3) is 0 Å². The van der Waals surface area contributed by atoms with E-state index in [-0.39, 0.29) is 62.6 Å². The molecule has 1 aromatic heterocycles. The normalized spacial score (nSPS) is 19.6. The average molecular weight is 544 g/mol. The zero-order valence-electron chi connectivity index (χ0n) is 21.3. The van der Waals surface area contributed by atoms with Gasteiger partial charge in [-0.3, -0.25) is 9.59 Å². The molecule has 4 aromatic rings. The Kier molecular flexibility index (Phi) is 4.65. The molecule has 0 bridgehead atoms. The zero-order valence-corrected chi connectivity index (χ0v) is 21.3. The number of ketones is 2. The molecule has 3 aromatic carbocycles. The molecular weight excluding hydrogens is 524 g/mol. The molecule has 0 radical (unpaired) electrons. The van der Waals surface area contributed by atoms with E-state index in [1.54, 1.807) is 13.8 Å². The van der Waals surface area contributed by atoms with E-state index in [9.17, 15) is 34.5 Å². The second kappa shape index (κ2) is 7.75. The molecule has 0 saturated heterocycles. The average Bonchev–Trinajstić information content (AvgIpc) is 3.27. The van der Waals surface area contributed by atoms with Crippen LogP contribution in [0, 0.1) is 0 Å². The number of phenolic OH excluding ortho intramolecular Hbond substituents is 3. The fourth-order valence-electron chi connectivity index (χ4n) is 6.12. The van der Waals surface area contributed by atoms with Crippen molar-refractivity contribution in [1.29, 1.82) is 0 Å². The first-order valence-electron chi connectivity index (χ1n) is 12.5. The molecule has 11 nitrogen and oxygen atoms in total. The lowest BCUT2D eigenvalue weighted by atomic mass is 9.82. The summed E-state index contributed by atoms with van der Waals surface area (Å²) in [5.41, 5.74) is -0.649. The number of methoxy groups -OCH3 is 1. The Bertz CT molecular complexity index is 1930. The van der Waals surface area contributed by atoms with Crippen molar-refractivity contribution in [2.45, 2.75) is 38.9 Å². The van der Waals surface area contributed by atoms with Gasteiger partial charge in [0.15, 0.2) is 22.8 Å². The quantitative estimate of drug-likeness (QED) is 0.263. The second-order valence-corrected chi connectivity index (χ2v) is 10.3. The molecule has 1 aliphatic carbocycles. The van der Waals surface area contributed by atoms with E-state index < -0.39 is 64.3 Å². The molecule has 3 aliphatic rings. The number of fused-ring (bicyclic) bond motifs is 8. The Labute approximate surface area is 224 Å². The van der Waals surface area contributed by atoms with Crippen molar-refractivity contribution < 1.29 is 53.1 Å². The Morgan fingerprint density at radius 3 is 1.98 bits per heavy atom. The number of aromatic hydroxyl groups is 3. The molecule has 3 heterocycles. The van der Waals surface area contributed by atoms with Gasteiger partial charge in [0.1, 0.15) is 34.8 Å². The minimum absolute atomic E-state index is 0.0704. The van der Waals surface area contributed by atoms with E-state index in [1.807, 2.05) is 0 Å². The van der Waals surface area contributed by atoms with E-state index in [0.717, 1.165) is 0 Å². The summed E-state index contributed by atoms with van der Waals surface area (Å²) in [6, 6.07) is 2.88. The molecule has 202 valence electrons. The topological polar surface area (TPSA) is 170 Å². The third-order valence-electron chi connectivity index (χ3n) is 7.75. The summed E-state index contributed by atoms with van der Waals surface area (Å²) in [7, 11) is 1.24. The van der Waals surface area contributed by atoms with Gasteiger partial charge in [-0.25, -0.2) is 9.59 Å². The van der Waals surface area contributed by atoms with Crippen molar-refractivity contribution in [1.82, 2.24) is 0 Å². The molecule has 2 atom stereocenters. The maximum atomic E-state index is 13.9. The van der Waals surface area contributed by atoms with Gasteiger partial charge in [-0.1, -0.05) is 0 Å². The highest BCUT2D eigenvalue weighted by atomic mass is 16.5. The van der Waals surface area contributed by atoms with Crippen molar-refractivity contribution in [2.24, 2.45) is 0 Å². The summed E-state index contributed by atoms with van der Waals surface area (Å²) in [6.45, 7) is 3.35. The first kappa shape index (κ1) is 24.0. The van der Waals surface area contributed by atoms with Gasteiger partial charge in [0.05, 0.1) is 29.0 Å². The number of rotatable bonds is 1. The number of esters is 2. The first-order chi connectivity index (χ1) is 19.0. The van der Waals surface area contributed by atoms with Gasteiger partial charge in [-0.15, -0.1) is 0 Å². The summed E-state index contributed by atoms with van der Waals surface area (Å²) in [5, 5.41) is 33.4. The Morgan fingerprint density at radius 1 is 0.750 bits per heavy atom. The SMILES string of the molecule is COc1c(O)c2cc3c(c(O)c2c2oc4c(c12)C(=O)c1c(cc2c(c1O)C(=O)O[C@H](C)C2)C4=O)C(=O)O[C@@H](C)C3. The second-order valence-electron chi connectivity index (χ2n) is 10.3. The van der Waals surface area contributed by atoms with Crippen LogP contribution in [0.1, 0.15) is 77.7 Å². The van der Waals surface area contributed by atoms with Gasteiger partial charge in [0, 0.05) is 23.8 Å². The molecule has 2 aliphatic heterocycles. The Morgan fingerprint density at radius 2 is 1.35 bits per heavy atom. The highest BCUT2D eigenvalue weighted by molar-refractivity contribution is 6.35. The molecule has 3 N–H and O–H groups in total. The van der Waals surface area contributed by atoms with Crippen LogP contribution in [0.3, 0.4) is 0 Å². The van der Waals surface area contributed by atoms with Crippen LogP contribution in [0.2, 0.25) is 0 Å². The molecule has 0 amide bonds. The highest BCUT2D eigenvalue weighted by Crippen LogP contribution is 2.52. The summed E-state index contributed by atoms with van der Waals surface area (Å²) < 4.78 is 21.9. The molecule has 0 unspecified atom stereocenters. The molecular formula is C29H20O11. The number of benzene rings is 3. The van der Waals surface area contributed by atoms with Gasteiger partial charge in [-0.05, 0) is 37.1 Å². The van der Waals surface area contributed by atoms with E-state index in [0.29, 0.717) is 11.1 Å². The lowest BCUT2D eigenvalue weighted by molar-refractivity contribution is 0.0286. The number of carbonyl (C=O) groups excluding carboxylic acids is 4. The summed E-state index contributed by atoms with van der Waals surface area (Å²) >= 11 is 0. The Balaban J connectivity index is 1.58. The largest absolute Gasteiger partial charge is 0.506 e. The van der Waals surface area contributed by atoms with E-state index in [4.69, 9.17) is 18.6 Å². The maximum Gasteiger partial charge on any atom is 0.342 e. The third-order valence-corrected chi connectivity index (χ3v) is 7.75. The lowest BCUT2D eigenvalue weighted by Gasteiger charge is -2.25. The predicted octanol–water partition coefficient (Wildman–Crippen LogP) is 3.69. The molecule has 11 heteroatoms. The molecule has 40 heavy (non-hydrogen) atoms. The van der Waals surface area contributed by atoms with Crippen LogP contribution < -0.4 is 4.74 Å². The monoisotopic (exact) mass is 544 g/mol. The predicted molar refractivity (Wildman–Crippen MR) is 136 cm³/mol. The van der Waals surface area contributed by atoms with Crippen molar-refractivity contribution >= 4 is 45.2 Å². The molecule has 7 rings (SSSR count). The van der Waals surface area contributed by atoms with Crippen LogP contribution in [0.25, 0.3) is 21.7 Å². The smallest absolute Gasteiger partial charge is 0.342 e. The van der Waals surface area contributed by atoms with Gasteiger partial charge in [0.2, 0.25) is 11.6 Å². The number of ether oxygens (including phenoxy) is 3. The minimum atomic E-state index is -0.863. The van der Waals surface area contributed by atoms with Crippen LogP contribution in [-0.2, 0) is 22.3 Å². The minimum Gasteiger partial charge on any atom is -0.506 e. The first-order valence-corrected chi connectivity index (χ1v) is 12.5. The van der Waals surface area contributed by atoms with Gasteiger partial charge >= 0.3 is 11.9 Å². The molecule has 0 fully saturated rings. The number of cyclic esters (lactones) is 2. The number of furan rings is 1. The van der Waals surface area contributed by atoms with Gasteiger partial charge < -0.3 is 33.9 Å². The van der Waals surface area contributed by atoms with Crippen LogP contribution in [0.5, 0.6) is 23.0 Å². The molecule has 0 saturated carbocycles. The fourth-order valence-corrected chi connectivity index (χ4v) is 6.12. The van der Waals surface area contributed by atoms with Crippen LogP contribution in [0.4, 0.5) is 0 Å². The van der Waals surface area contributed by atoms with E-state index >= 15 is 0 Å². The van der Waals surface area contributed by atoms with Crippen molar-refractivity contribution in [3.8, 4) is 23.0 Å². The van der Waals surface area contributed by atoms with Crippen molar-refractivity contribution in [3.63, 3.8) is 0 Å². The fraction of sp³-hybridized carbons (Fsp3) is 0.241. The summed E-state index contributed by atoms with van der Waals surface area (Å²) in [5.74, 6) is -5.55. The lowest BCUT2D eigenvalue weighted by Crippen LogP contribution is -2.28. The maximum absolute atomic E-state index is 13.9. The van der Waals surface area contributed by atoms with Gasteiger partial charge in [-0.2, -0.15) is 0 Å². The van der Waals surface area contributed by atoms with Crippen LogP contribution in [0.15, 0.2) is 16.5 Å². The Hall–Kier alpha value is -5.06. The van der Waals surface area contributed by atoms with Crippen LogP contribution in [-0.4, -0.2) is 58.1 Å². The number of phenols is 3. The number of carbonyl (C=O) groups is 4. The third kappa shape index (κ3) is 2.83. The number of hydrogen-bond donors (Lipinski definition) is 3. The van der Waals surface area contributed by atoms with Crippen LogP contribution >= 0.6 is 0 Å². The highest BCUT2D eigenvalue weighted by Gasteiger charge is 2.43. The van der Waals surface area contributed by atoms with Crippen molar-refractivity contribution in [2.75, 3.05) is 7.11 Å². The van der Waals surface area contributed by atoms with E-state index in [2.05, 4.69) is 0 Å². The zero-order chi connectivity index (χ0) is 28.4. The van der Waals surface area contributed by atoms with Crippen molar-refractivity contribution in [3.05, 3.63) is 56.8 Å². The molecule has 0 spiro atoms. The summed E-state index contributed by atoms with van der Waals surface area (Å²) in [6.07, 6.45) is -0.476. The number of hydrogen-bond acceptors (Lipinski definition) is 11. The van der Waals surface area contributed by atoms with E-state index in [1.165, 1.54) is 19.2 Å². The summed E-state index contributed by atoms with van der Waals surface area (Å²) in [4.78, 5) is 52.9. The standard InChI is InChI=1S/C29H20O11/c1-8-4-10-6-12-16(22(32)14(10)28(35)38-8)24(34)18-19-25(40-27(18)21(12)31)17-13(20(30)26(19)37-3)7-11-5-9(2)39-29(36)15(11)23(17)33/h6-9,30,32-33H,4-5H2,1-3H3/t8-,9+/m1/s1.